The van der Waals surface area contributed by atoms with Gasteiger partial charge in [0.25, 0.3) is 5.91 Å². The van der Waals surface area contributed by atoms with Crippen LogP contribution in [0.4, 0.5) is 0 Å². The van der Waals surface area contributed by atoms with Crippen LogP contribution in [0.3, 0.4) is 0 Å². The summed E-state index contributed by atoms with van der Waals surface area (Å²) in [5.41, 5.74) is 0.936. The van der Waals surface area contributed by atoms with Crippen molar-refractivity contribution in [3.8, 4) is 6.07 Å². The molecule has 0 aliphatic heterocycles. The number of nitriles is 1. The van der Waals surface area contributed by atoms with Crippen LogP contribution in [-0.2, 0) is 27.5 Å². The number of aliphatic hydroxyl groups is 2. The van der Waals surface area contributed by atoms with Crippen molar-refractivity contribution in [3.63, 3.8) is 0 Å². The van der Waals surface area contributed by atoms with Gasteiger partial charge in [0.05, 0.1) is 37.1 Å². The molecule has 0 radical (unpaired) electrons. The van der Waals surface area contributed by atoms with E-state index in [1.165, 1.54) is 0 Å². The topological polar surface area (TPSA) is 112 Å². The van der Waals surface area contributed by atoms with Gasteiger partial charge in [0.2, 0.25) is 0 Å². The molecule has 33 heavy (non-hydrogen) atoms. The summed E-state index contributed by atoms with van der Waals surface area (Å²) in [6.07, 6.45) is -3.04. The van der Waals surface area contributed by atoms with Crippen LogP contribution in [0, 0.1) is 17.2 Å². The van der Waals surface area contributed by atoms with Crippen LogP contribution < -0.4 is 5.32 Å². The molecular formula is C26H32N2O5. The molecule has 3 N–H and O–H groups in total. The molecule has 0 saturated heterocycles. The van der Waals surface area contributed by atoms with Crippen molar-refractivity contribution in [2.75, 3.05) is 6.54 Å². The average molecular weight is 453 g/mol. The molecule has 1 saturated carbocycles. The maximum Gasteiger partial charge on any atom is 0.252 e. The van der Waals surface area contributed by atoms with Crippen molar-refractivity contribution < 1.29 is 24.5 Å². The number of aliphatic hydroxyl groups excluding tert-OH is 2. The Morgan fingerprint density at radius 2 is 1.76 bits per heavy atom. The Kier molecular flexibility index (Phi) is 8.59. The average Bonchev–Trinajstić information content (AvgIpc) is 2.83. The van der Waals surface area contributed by atoms with Gasteiger partial charge >= 0.3 is 0 Å². The normalized spacial score (nSPS) is 24.9. The smallest absolute Gasteiger partial charge is 0.252 e. The van der Waals surface area contributed by atoms with Gasteiger partial charge in [-0.25, -0.2) is 0 Å². The first-order valence-corrected chi connectivity index (χ1v) is 11.3. The fraction of sp³-hybridized carbons (Fsp3) is 0.462. The highest BCUT2D eigenvalue weighted by atomic mass is 16.5. The molecule has 0 bridgehead atoms. The first-order chi connectivity index (χ1) is 15.8. The van der Waals surface area contributed by atoms with Crippen molar-refractivity contribution in [1.82, 2.24) is 5.32 Å². The number of nitrogens with zero attached hydrogens (tertiary/aromatic N) is 1. The van der Waals surface area contributed by atoms with Crippen LogP contribution in [0.15, 0.2) is 54.6 Å². The van der Waals surface area contributed by atoms with Crippen LogP contribution in [0.2, 0.25) is 0 Å². The van der Waals surface area contributed by atoms with Gasteiger partial charge < -0.3 is 25.0 Å². The molecule has 176 valence electrons. The van der Waals surface area contributed by atoms with Crippen molar-refractivity contribution in [3.05, 3.63) is 71.3 Å². The Bertz CT molecular complexity index is 941. The van der Waals surface area contributed by atoms with E-state index in [0.717, 1.165) is 11.1 Å². The van der Waals surface area contributed by atoms with Crippen LogP contribution in [0.1, 0.15) is 43.4 Å². The Balaban J connectivity index is 1.77. The van der Waals surface area contributed by atoms with Crippen molar-refractivity contribution in [1.29, 1.82) is 5.26 Å². The second kappa shape index (κ2) is 11.4. The van der Waals surface area contributed by atoms with Gasteiger partial charge in [-0.1, -0.05) is 56.3 Å². The van der Waals surface area contributed by atoms with E-state index in [2.05, 4.69) is 11.4 Å². The standard InChI is InChI=1S/C26H32N2O5/c1-18(2)15-28-25(31)26(33-17-20-6-4-3-5-7-20)12-22(29)24(30)23(13-26)32-16-21-10-8-19(14-27)9-11-21/h3-11,18,22-24,29-30H,12-13,15-17H2,1-2H3,(H,28,31)/t22-,23?,24-,26+/m1/s1. The van der Waals surface area contributed by atoms with Crippen LogP contribution in [0.5, 0.6) is 0 Å². The molecule has 1 amide bonds. The minimum Gasteiger partial charge on any atom is -0.390 e. The van der Waals surface area contributed by atoms with Crippen LogP contribution in [-0.4, -0.2) is 46.6 Å². The van der Waals surface area contributed by atoms with Gasteiger partial charge in [0.15, 0.2) is 5.60 Å². The minimum absolute atomic E-state index is 0.0261. The zero-order valence-electron chi connectivity index (χ0n) is 19.1. The third-order valence-corrected chi connectivity index (χ3v) is 5.83. The van der Waals surface area contributed by atoms with Gasteiger partial charge in [-0.05, 0) is 29.2 Å². The zero-order chi connectivity index (χ0) is 23.8. The van der Waals surface area contributed by atoms with Gasteiger partial charge in [-0.15, -0.1) is 0 Å². The molecule has 2 aromatic carbocycles. The largest absolute Gasteiger partial charge is 0.390 e. The fourth-order valence-electron chi connectivity index (χ4n) is 3.89. The van der Waals surface area contributed by atoms with E-state index in [4.69, 9.17) is 14.7 Å². The molecule has 0 aromatic heterocycles. The van der Waals surface area contributed by atoms with E-state index in [0.29, 0.717) is 12.1 Å². The number of amides is 1. The van der Waals surface area contributed by atoms with E-state index < -0.39 is 23.9 Å². The second-order valence-electron chi connectivity index (χ2n) is 9.00. The number of carbonyl (C=O) groups excluding carboxylic acids is 1. The van der Waals surface area contributed by atoms with E-state index in [-0.39, 0.29) is 37.9 Å². The summed E-state index contributed by atoms with van der Waals surface area (Å²) in [5, 5.41) is 33.1. The molecule has 1 aliphatic carbocycles. The summed E-state index contributed by atoms with van der Waals surface area (Å²) >= 11 is 0. The lowest BCUT2D eigenvalue weighted by Gasteiger charge is -2.44. The van der Waals surface area contributed by atoms with Crippen LogP contribution >= 0.6 is 0 Å². The minimum atomic E-state index is -1.33. The zero-order valence-corrected chi connectivity index (χ0v) is 19.1. The highest BCUT2D eigenvalue weighted by molar-refractivity contribution is 5.85. The summed E-state index contributed by atoms with van der Waals surface area (Å²) in [6.45, 7) is 4.84. The lowest BCUT2D eigenvalue weighted by atomic mass is 9.78. The fourth-order valence-corrected chi connectivity index (χ4v) is 3.89. The van der Waals surface area contributed by atoms with Crippen LogP contribution in [0.25, 0.3) is 0 Å². The number of ether oxygens (including phenoxy) is 2. The monoisotopic (exact) mass is 452 g/mol. The maximum atomic E-state index is 13.3. The molecule has 7 nitrogen and oxygen atoms in total. The first kappa shape index (κ1) is 24.9. The molecule has 1 fully saturated rings. The number of rotatable bonds is 9. The molecule has 3 rings (SSSR count). The summed E-state index contributed by atoms with van der Waals surface area (Å²) in [5.74, 6) is -0.0623. The molecule has 7 heteroatoms. The molecule has 0 spiro atoms. The number of nitrogens with one attached hydrogen (secondary N) is 1. The maximum absolute atomic E-state index is 13.3. The molecule has 1 aliphatic rings. The highest BCUT2D eigenvalue weighted by Crippen LogP contribution is 2.35. The van der Waals surface area contributed by atoms with Crippen molar-refractivity contribution >= 4 is 5.91 Å². The lowest BCUT2D eigenvalue weighted by molar-refractivity contribution is -0.200. The number of hydrogen-bond acceptors (Lipinski definition) is 6. The third-order valence-electron chi connectivity index (χ3n) is 5.83. The van der Waals surface area contributed by atoms with E-state index >= 15 is 0 Å². The number of benzene rings is 2. The third kappa shape index (κ3) is 6.62. The molecule has 2 aromatic rings. The summed E-state index contributed by atoms with van der Waals surface area (Å²) in [6, 6.07) is 18.5. The quantitative estimate of drug-likeness (QED) is 0.539. The summed E-state index contributed by atoms with van der Waals surface area (Å²) in [7, 11) is 0. The van der Waals surface area contributed by atoms with Gasteiger partial charge in [0, 0.05) is 19.4 Å². The van der Waals surface area contributed by atoms with Crippen molar-refractivity contribution in [2.45, 2.75) is 63.8 Å². The Hall–Kier alpha value is -2.76. The van der Waals surface area contributed by atoms with Gasteiger partial charge in [-0.3, -0.25) is 4.79 Å². The summed E-state index contributed by atoms with van der Waals surface area (Å²) < 4.78 is 12.1. The van der Waals surface area contributed by atoms with Gasteiger partial charge in [-0.2, -0.15) is 5.26 Å². The highest BCUT2D eigenvalue weighted by Gasteiger charge is 2.51. The van der Waals surface area contributed by atoms with E-state index in [1.54, 1.807) is 24.3 Å². The van der Waals surface area contributed by atoms with E-state index in [1.807, 2.05) is 44.2 Å². The summed E-state index contributed by atoms with van der Waals surface area (Å²) in [4.78, 5) is 13.3. The molecule has 1 unspecified atom stereocenters. The SMILES string of the molecule is CC(C)CNC(=O)[C@@]1(OCc2ccccc2)CC(OCc2ccc(C#N)cc2)[C@H](O)[C@H](O)C1. The Labute approximate surface area is 195 Å². The number of carbonyl (C=O) groups is 1. The predicted octanol–water partition coefficient (Wildman–Crippen LogP) is 2.69. The van der Waals surface area contributed by atoms with E-state index in [9.17, 15) is 15.0 Å². The number of hydrogen-bond donors (Lipinski definition) is 3. The molecular weight excluding hydrogens is 420 g/mol. The predicted molar refractivity (Wildman–Crippen MR) is 123 cm³/mol. The van der Waals surface area contributed by atoms with Gasteiger partial charge in [0.1, 0.15) is 6.10 Å². The lowest BCUT2D eigenvalue weighted by Crippen LogP contribution is -2.60. The molecule has 0 heterocycles. The van der Waals surface area contributed by atoms with Crippen molar-refractivity contribution in [2.24, 2.45) is 5.92 Å². The Morgan fingerprint density at radius 1 is 1.09 bits per heavy atom. The molecule has 4 atom stereocenters. The first-order valence-electron chi connectivity index (χ1n) is 11.3. The Morgan fingerprint density at radius 3 is 2.39 bits per heavy atom. The second-order valence-corrected chi connectivity index (χ2v) is 9.00.